The van der Waals surface area contributed by atoms with Crippen LogP contribution in [0.4, 0.5) is 0 Å². The molecule has 0 bridgehead atoms. The van der Waals surface area contributed by atoms with Crippen LogP contribution >= 0.6 is 11.6 Å². The lowest BCUT2D eigenvalue weighted by Gasteiger charge is -2.27. The molecule has 2 rings (SSSR count). The van der Waals surface area contributed by atoms with Gasteiger partial charge in [-0.3, -0.25) is 0 Å². The first-order valence-corrected chi connectivity index (χ1v) is 6.10. The van der Waals surface area contributed by atoms with Crippen LogP contribution in [-0.2, 0) is 6.54 Å². The number of hydrogen-bond acceptors (Lipinski definition) is 2. The van der Waals surface area contributed by atoms with Crippen LogP contribution in [0.25, 0.3) is 0 Å². The van der Waals surface area contributed by atoms with Gasteiger partial charge in [-0.15, -0.1) is 10.2 Å². The second-order valence-electron chi connectivity index (χ2n) is 4.76. The molecule has 3 nitrogen and oxygen atoms in total. The third-order valence-electron chi connectivity index (χ3n) is 3.38. The van der Waals surface area contributed by atoms with Gasteiger partial charge in [0.25, 0.3) is 0 Å². The molecule has 1 aromatic heterocycles. The van der Waals surface area contributed by atoms with E-state index in [0.717, 1.165) is 24.2 Å². The molecule has 1 saturated carbocycles. The highest BCUT2D eigenvalue weighted by molar-refractivity contribution is 6.28. The summed E-state index contributed by atoms with van der Waals surface area (Å²) in [6.07, 6.45) is 5.36. The fourth-order valence-electron chi connectivity index (χ4n) is 2.55. The van der Waals surface area contributed by atoms with E-state index < -0.39 is 0 Å². The van der Waals surface area contributed by atoms with Gasteiger partial charge in [0.2, 0.25) is 5.28 Å². The van der Waals surface area contributed by atoms with Gasteiger partial charge < -0.3 is 4.57 Å². The van der Waals surface area contributed by atoms with Gasteiger partial charge in [-0.1, -0.05) is 19.8 Å². The van der Waals surface area contributed by atoms with Crippen LogP contribution < -0.4 is 0 Å². The van der Waals surface area contributed by atoms with Gasteiger partial charge in [-0.25, -0.2) is 0 Å². The summed E-state index contributed by atoms with van der Waals surface area (Å²) in [7, 11) is 0. The number of aryl methyl sites for hydroxylation is 1. The highest BCUT2D eigenvalue weighted by atomic mass is 35.5. The summed E-state index contributed by atoms with van der Waals surface area (Å²) in [6, 6.07) is 0. The molecule has 1 aromatic rings. The fourth-order valence-corrected chi connectivity index (χ4v) is 2.78. The summed E-state index contributed by atoms with van der Waals surface area (Å²) in [5.74, 6) is 2.54. The van der Waals surface area contributed by atoms with Crippen molar-refractivity contribution in [3.8, 4) is 0 Å². The number of halogens is 1. The van der Waals surface area contributed by atoms with Gasteiger partial charge in [-0.2, -0.15) is 0 Å². The van der Waals surface area contributed by atoms with Crippen LogP contribution in [0.5, 0.6) is 0 Å². The third-order valence-corrected chi connectivity index (χ3v) is 3.66. The maximum absolute atomic E-state index is 5.99. The molecule has 4 heteroatoms. The van der Waals surface area contributed by atoms with Crippen molar-refractivity contribution in [3.05, 3.63) is 11.1 Å². The molecule has 15 heavy (non-hydrogen) atoms. The molecule has 84 valence electrons. The molecule has 0 aromatic carbocycles. The summed E-state index contributed by atoms with van der Waals surface area (Å²) in [5, 5.41) is 8.39. The quantitative estimate of drug-likeness (QED) is 0.778. The molecule has 1 aliphatic rings. The highest BCUT2D eigenvalue weighted by Gasteiger charge is 2.20. The largest absolute Gasteiger partial charge is 0.302 e. The van der Waals surface area contributed by atoms with Crippen LogP contribution in [0, 0.1) is 18.8 Å². The van der Waals surface area contributed by atoms with Crippen LogP contribution in [0.3, 0.4) is 0 Å². The minimum absolute atomic E-state index is 0.533. The van der Waals surface area contributed by atoms with E-state index >= 15 is 0 Å². The van der Waals surface area contributed by atoms with Gasteiger partial charge in [0, 0.05) is 6.54 Å². The van der Waals surface area contributed by atoms with Crippen molar-refractivity contribution in [3.63, 3.8) is 0 Å². The average Bonchev–Trinajstić information content (AvgIpc) is 2.50. The zero-order valence-electron chi connectivity index (χ0n) is 9.41. The average molecular weight is 228 g/mol. The first-order chi connectivity index (χ1) is 7.16. The highest BCUT2D eigenvalue weighted by Crippen LogP contribution is 2.30. The van der Waals surface area contributed by atoms with Gasteiger partial charge in [-0.05, 0) is 43.2 Å². The SMILES string of the molecule is Cc1nnc(Cl)n1CC1CCCC(C)C1. The molecule has 1 fully saturated rings. The summed E-state index contributed by atoms with van der Waals surface area (Å²) >= 11 is 5.99. The second kappa shape index (κ2) is 4.52. The molecule has 0 N–H and O–H groups in total. The van der Waals surface area contributed by atoms with E-state index in [4.69, 9.17) is 11.6 Å². The fraction of sp³-hybridized carbons (Fsp3) is 0.818. The molecule has 1 aliphatic carbocycles. The zero-order chi connectivity index (χ0) is 10.8. The lowest BCUT2D eigenvalue weighted by Crippen LogP contribution is -2.19. The lowest BCUT2D eigenvalue weighted by molar-refractivity contribution is 0.255. The van der Waals surface area contributed by atoms with Gasteiger partial charge in [0.15, 0.2) is 0 Å². The van der Waals surface area contributed by atoms with Crippen molar-refractivity contribution in [2.45, 2.75) is 46.1 Å². The molecule has 0 amide bonds. The van der Waals surface area contributed by atoms with E-state index in [1.54, 1.807) is 0 Å². The molecule has 1 heterocycles. The summed E-state index contributed by atoms with van der Waals surface area (Å²) in [5.41, 5.74) is 0. The van der Waals surface area contributed by atoms with Crippen LogP contribution in [0.15, 0.2) is 0 Å². The Morgan fingerprint density at radius 1 is 1.40 bits per heavy atom. The summed E-state index contributed by atoms with van der Waals surface area (Å²) in [4.78, 5) is 0. The minimum atomic E-state index is 0.533. The number of nitrogens with zero attached hydrogens (tertiary/aromatic N) is 3. The van der Waals surface area contributed by atoms with Crippen molar-refractivity contribution in [1.29, 1.82) is 0 Å². The number of aromatic nitrogens is 3. The molecule has 2 atom stereocenters. The maximum Gasteiger partial charge on any atom is 0.225 e. The summed E-state index contributed by atoms with van der Waals surface area (Å²) < 4.78 is 2.03. The van der Waals surface area contributed by atoms with Gasteiger partial charge >= 0.3 is 0 Å². The first-order valence-electron chi connectivity index (χ1n) is 5.72. The third kappa shape index (κ3) is 2.51. The molecule has 0 saturated heterocycles. The van der Waals surface area contributed by atoms with Crippen LogP contribution in [0.2, 0.25) is 5.28 Å². The minimum Gasteiger partial charge on any atom is -0.302 e. The standard InChI is InChI=1S/C11H18ClN3/c1-8-4-3-5-10(6-8)7-15-9(2)13-14-11(15)12/h8,10H,3-7H2,1-2H3. The Morgan fingerprint density at radius 3 is 2.80 bits per heavy atom. The molecular formula is C11H18ClN3. The van der Waals surface area contributed by atoms with Gasteiger partial charge in [0.1, 0.15) is 5.82 Å². The van der Waals surface area contributed by atoms with Crippen LogP contribution in [0.1, 0.15) is 38.4 Å². The Labute approximate surface area is 95.8 Å². The summed E-state index contributed by atoms with van der Waals surface area (Å²) in [6.45, 7) is 5.29. The monoisotopic (exact) mass is 227 g/mol. The Hall–Kier alpha value is -0.570. The maximum atomic E-state index is 5.99. The van der Waals surface area contributed by atoms with E-state index in [9.17, 15) is 0 Å². The predicted molar refractivity (Wildman–Crippen MR) is 60.9 cm³/mol. The normalized spacial score (nSPS) is 26.9. The molecule has 0 aliphatic heterocycles. The second-order valence-corrected chi connectivity index (χ2v) is 5.10. The molecule has 2 unspecified atom stereocenters. The Bertz CT molecular complexity index is 315. The van der Waals surface area contributed by atoms with Crippen LogP contribution in [-0.4, -0.2) is 14.8 Å². The Balaban J connectivity index is 2.02. The zero-order valence-corrected chi connectivity index (χ0v) is 10.2. The molecular weight excluding hydrogens is 210 g/mol. The van der Waals surface area contributed by atoms with E-state index in [1.807, 2.05) is 11.5 Å². The van der Waals surface area contributed by atoms with Crippen molar-refractivity contribution in [1.82, 2.24) is 14.8 Å². The Kier molecular flexibility index (Phi) is 3.29. The van der Waals surface area contributed by atoms with Crippen molar-refractivity contribution >= 4 is 11.6 Å². The van der Waals surface area contributed by atoms with E-state index in [-0.39, 0.29) is 0 Å². The number of rotatable bonds is 2. The smallest absolute Gasteiger partial charge is 0.225 e. The number of hydrogen-bond donors (Lipinski definition) is 0. The van der Waals surface area contributed by atoms with Crippen molar-refractivity contribution < 1.29 is 0 Å². The van der Waals surface area contributed by atoms with E-state index in [2.05, 4.69) is 17.1 Å². The Morgan fingerprint density at radius 2 is 2.20 bits per heavy atom. The van der Waals surface area contributed by atoms with E-state index in [0.29, 0.717) is 5.28 Å². The molecule has 0 radical (unpaired) electrons. The molecule has 0 spiro atoms. The predicted octanol–water partition coefficient (Wildman–Crippen LogP) is 3.07. The first kappa shape index (κ1) is 10.9. The van der Waals surface area contributed by atoms with E-state index in [1.165, 1.54) is 25.7 Å². The lowest BCUT2D eigenvalue weighted by atomic mass is 9.82. The topological polar surface area (TPSA) is 30.7 Å². The van der Waals surface area contributed by atoms with Gasteiger partial charge in [0.05, 0.1) is 0 Å². The van der Waals surface area contributed by atoms with Crippen molar-refractivity contribution in [2.75, 3.05) is 0 Å². The van der Waals surface area contributed by atoms with Crippen molar-refractivity contribution in [2.24, 2.45) is 11.8 Å².